The van der Waals surface area contributed by atoms with Gasteiger partial charge in [0.2, 0.25) is 0 Å². The van der Waals surface area contributed by atoms with E-state index in [1.807, 2.05) is 12.1 Å². The molecule has 1 aliphatic heterocycles. The van der Waals surface area contributed by atoms with Crippen LogP contribution in [-0.2, 0) is 16.8 Å². The predicted molar refractivity (Wildman–Crippen MR) is 77.1 cm³/mol. The lowest BCUT2D eigenvalue weighted by molar-refractivity contribution is -0.0178. The maximum absolute atomic E-state index is 6.19. The van der Waals surface area contributed by atoms with Crippen LogP contribution in [0.5, 0.6) is 11.5 Å². The van der Waals surface area contributed by atoms with Crippen molar-refractivity contribution in [2.24, 2.45) is 5.73 Å². The molecule has 4 heteroatoms. The number of methoxy groups -OCH3 is 1. The SMILES string of the molecule is COc1ccc2c(c1C1(CN)CCCCC1)COCO2. The quantitative estimate of drug-likeness (QED) is 0.923. The molecule has 2 aliphatic rings. The molecule has 20 heavy (non-hydrogen) atoms. The van der Waals surface area contributed by atoms with E-state index in [9.17, 15) is 0 Å². The fourth-order valence-electron chi connectivity index (χ4n) is 3.67. The fourth-order valence-corrected chi connectivity index (χ4v) is 3.67. The first-order valence-electron chi connectivity index (χ1n) is 7.42. The minimum Gasteiger partial charge on any atom is -0.496 e. The topological polar surface area (TPSA) is 53.7 Å². The lowest BCUT2D eigenvalue weighted by Crippen LogP contribution is -2.39. The van der Waals surface area contributed by atoms with Gasteiger partial charge in [0.1, 0.15) is 11.5 Å². The number of benzene rings is 1. The van der Waals surface area contributed by atoms with E-state index in [1.165, 1.54) is 24.8 Å². The minimum atomic E-state index is 0.0129. The number of rotatable bonds is 3. The predicted octanol–water partition coefficient (Wildman–Crippen LogP) is 2.72. The summed E-state index contributed by atoms with van der Waals surface area (Å²) in [6.07, 6.45) is 6.00. The van der Waals surface area contributed by atoms with Gasteiger partial charge < -0.3 is 19.9 Å². The molecule has 0 spiro atoms. The van der Waals surface area contributed by atoms with Crippen LogP contribution < -0.4 is 15.2 Å². The third-order valence-electron chi connectivity index (χ3n) is 4.73. The highest BCUT2D eigenvalue weighted by atomic mass is 16.7. The Hall–Kier alpha value is -1.26. The first-order valence-corrected chi connectivity index (χ1v) is 7.42. The Bertz CT molecular complexity index is 481. The smallest absolute Gasteiger partial charge is 0.189 e. The van der Waals surface area contributed by atoms with Gasteiger partial charge in [-0.15, -0.1) is 0 Å². The molecule has 0 bridgehead atoms. The van der Waals surface area contributed by atoms with E-state index in [-0.39, 0.29) is 5.41 Å². The standard InChI is InChI=1S/C16H23NO3/c1-18-14-6-5-13-12(9-19-11-20-13)15(14)16(10-17)7-3-2-4-8-16/h5-6H,2-4,7-11,17H2,1H3. The molecule has 0 radical (unpaired) electrons. The van der Waals surface area contributed by atoms with E-state index in [0.717, 1.165) is 29.9 Å². The van der Waals surface area contributed by atoms with Gasteiger partial charge in [-0.3, -0.25) is 0 Å². The zero-order chi connectivity index (χ0) is 14.0. The van der Waals surface area contributed by atoms with Gasteiger partial charge in [-0.2, -0.15) is 0 Å². The zero-order valence-electron chi connectivity index (χ0n) is 12.1. The summed E-state index contributed by atoms with van der Waals surface area (Å²) >= 11 is 0. The zero-order valence-corrected chi connectivity index (χ0v) is 12.1. The molecule has 0 amide bonds. The van der Waals surface area contributed by atoms with Crippen LogP contribution in [0.4, 0.5) is 0 Å². The molecule has 1 fully saturated rings. The summed E-state index contributed by atoms with van der Waals surface area (Å²) in [5, 5.41) is 0. The van der Waals surface area contributed by atoms with Crippen molar-refractivity contribution in [3.05, 3.63) is 23.3 Å². The Morgan fingerprint density at radius 3 is 2.75 bits per heavy atom. The second-order valence-corrected chi connectivity index (χ2v) is 5.78. The summed E-state index contributed by atoms with van der Waals surface area (Å²) in [7, 11) is 1.73. The molecule has 0 atom stereocenters. The molecule has 0 unspecified atom stereocenters. The van der Waals surface area contributed by atoms with E-state index in [0.29, 0.717) is 19.9 Å². The van der Waals surface area contributed by atoms with Crippen molar-refractivity contribution in [1.82, 2.24) is 0 Å². The number of ether oxygens (including phenoxy) is 3. The molecule has 2 N–H and O–H groups in total. The van der Waals surface area contributed by atoms with Gasteiger partial charge >= 0.3 is 0 Å². The molecule has 1 saturated carbocycles. The average Bonchev–Trinajstić information content (AvgIpc) is 2.54. The van der Waals surface area contributed by atoms with Gasteiger partial charge in [0.25, 0.3) is 0 Å². The van der Waals surface area contributed by atoms with E-state index >= 15 is 0 Å². The number of fused-ring (bicyclic) bond motifs is 1. The minimum absolute atomic E-state index is 0.0129. The van der Waals surface area contributed by atoms with Gasteiger partial charge in [0.15, 0.2) is 6.79 Å². The first-order chi connectivity index (χ1) is 9.80. The largest absolute Gasteiger partial charge is 0.496 e. The van der Waals surface area contributed by atoms with Crippen LogP contribution in [0.3, 0.4) is 0 Å². The van der Waals surface area contributed by atoms with Crippen LogP contribution in [0.2, 0.25) is 0 Å². The summed E-state index contributed by atoms with van der Waals surface area (Å²) in [4.78, 5) is 0. The maximum Gasteiger partial charge on any atom is 0.189 e. The summed E-state index contributed by atoms with van der Waals surface area (Å²) in [6.45, 7) is 1.57. The molecule has 4 nitrogen and oxygen atoms in total. The maximum atomic E-state index is 6.19. The van der Waals surface area contributed by atoms with E-state index < -0.39 is 0 Å². The molecule has 110 valence electrons. The van der Waals surface area contributed by atoms with Crippen LogP contribution in [0.1, 0.15) is 43.2 Å². The molecule has 1 aromatic rings. The average molecular weight is 277 g/mol. The van der Waals surface area contributed by atoms with E-state index in [2.05, 4.69) is 0 Å². The van der Waals surface area contributed by atoms with Crippen molar-refractivity contribution < 1.29 is 14.2 Å². The molecule has 1 aliphatic carbocycles. The Balaban J connectivity index is 2.14. The van der Waals surface area contributed by atoms with Crippen LogP contribution in [0.15, 0.2) is 12.1 Å². The Morgan fingerprint density at radius 1 is 1.25 bits per heavy atom. The summed E-state index contributed by atoms with van der Waals surface area (Å²) in [5.74, 6) is 1.84. The van der Waals surface area contributed by atoms with E-state index in [1.54, 1.807) is 7.11 Å². The highest BCUT2D eigenvalue weighted by molar-refractivity contribution is 5.53. The van der Waals surface area contributed by atoms with Crippen LogP contribution >= 0.6 is 0 Å². The van der Waals surface area contributed by atoms with Crippen molar-refractivity contribution in [3.8, 4) is 11.5 Å². The molecule has 1 aromatic carbocycles. The Kier molecular flexibility index (Phi) is 3.85. The van der Waals surface area contributed by atoms with Crippen molar-refractivity contribution in [1.29, 1.82) is 0 Å². The molecule has 1 heterocycles. The van der Waals surface area contributed by atoms with Crippen molar-refractivity contribution in [3.63, 3.8) is 0 Å². The number of hydrogen-bond acceptors (Lipinski definition) is 4. The van der Waals surface area contributed by atoms with Gasteiger partial charge in [0, 0.05) is 23.1 Å². The molecule has 0 aromatic heterocycles. The van der Waals surface area contributed by atoms with Gasteiger partial charge in [-0.1, -0.05) is 19.3 Å². The summed E-state index contributed by atoms with van der Waals surface area (Å²) < 4.78 is 16.7. The Labute approximate surface area is 120 Å². The molecular weight excluding hydrogens is 254 g/mol. The Morgan fingerprint density at radius 2 is 2.05 bits per heavy atom. The number of nitrogens with two attached hydrogens (primary N) is 1. The second kappa shape index (κ2) is 5.62. The second-order valence-electron chi connectivity index (χ2n) is 5.78. The summed E-state index contributed by atoms with van der Waals surface area (Å²) in [5.41, 5.74) is 8.55. The van der Waals surface area contributed by atoms with Crippen molar-refractivity contribution in [2.45, 2.75) is 44.1 Å². The lowest BCUT2D eigenvalue weighted by Gasteiger charge is -2.40. The lowest BCUT2D eigenvalue weighted by atomic mass is 9.67. The van der Waals surface area contributed by atoms with Crippen LogP contribution in [0, 0.1) is 0 Å². The van der Waals surface area contributed by atoms with Gasteiger partial charge in [-0.25, -0.2) is 0 Å². The first kappa shape index (κ1) is 13.7. The monoisotopic (exact) mass is 277 g/mol. The van der Waals surface area contributed by atoms with Gasteiger partial charge in [-0.05, 0) is 25.0 Å². The fraction of sp³-hybridized carbons (Fsp3) is 0.625. The normalized spacial score (nSPS) is 20.9. The van der Waals surface area contributed by atoms with Crippen LogP contribution in [-0.4, -0.2) is 20.4 Å². The van der Waals surface area contributed by atoms with Gasteiger partial charge in [0.05, 0.1) is 13.7 Å². The molecular formula is C16H23NO3. The van der Waals surface area contributed by atoms with Crippen LogP contribution in [0.25, 0.3) is 0 Å². The van der Waals surface area contributed by atoms with E-state index in [4.69, 9.17) is 19.9 Å². The molecule has 0 saturated heterocycles. The highest BCUT2D eigenvalue weighted by Gasteiger charge is 2.38. The third-order valence-corrected chi connectivity index (χ3v) is 4.73. The number of hydrogen-bond donors (Lipinski definition) is 1. The molecule has 3 rings (SSSR count). The van der Waals surface area contributed by atoms with Crippen molar-refractivity contribution >= 4 is 0 Å². The summed E-state index contributed by atoms with van der Waals surface area (Å²) in [6, 6.07) is 3.98. The van der Waals surface area contributed by atoms with Crippen molar-refractivity contribution in [2.75, 3.05) is 20.4 Å². The highest BCUT2D eigenvalue weighted by Crippen LogP contribution is 2.47. The third kappa shape index (κ3) is 2.17.